The molecule has 4 rings (SSSR count). The molecule has 7 nitrogen and oxygen atoms in total. The molecule has 156 valence electrons. The van der Waals surface area contributed by atoms with E-state index in [0.29, 0.717) is 28.7 Å². The standard InChI is InChI=1S/C22H24N4O3S/c1-15-5-7-16(8-6-15)14-29-20-12-17(9-10-18(20)27-2)13-23-26-21(24-25-22(26)30)19-4-3-11-28-19/h5-10,12-13,19H,3-4,11,14H2,1-2H3,(H,25,30)/b23-13-. The van der Waals surface area contributed by atoms with E-state index in [1.54, 1.807) is 18.0 Å². The molecule has 8 heteroatoms. The lowest BCUT2D eigenvalue weighted by Crippen LogP contribution is -2.05. The van der Waals surface area contributed by atoms with Gasteiger partial charge in [0.2, 0.25) is 4.77 Å². The Morgan fingerprint density at radius 1 is 1.27 bits per heavy atom. The van der Waals surface area contributed by atoms with Gasteiger partial charge >= 0.3 is 0 Å². The molecule has 1 atom stereocenters. The first-order chi connectivity index (χ1) is 14.6. The Hall–Kier alpha value is -2.97. The van der Waals surface area contributed by atoms with E-state index in [1.165, 1.54) is 5.56 Å². The summed E-state index contributed by atoms with van der Waals surface area (Å²) in [6, 6.07) is 13.9. The molecule has 1 aliphatic heterocycles. The molecule has 1 saturated heterocycles. The molecule has 30 heavy (non-hydrogen) atoms. The Bertz CT molecular complexity index is 1080. The van der Waals surface area contributed by atoms with Crippen molar-refractivity contribution in [3.8, 4) is 11.5 Å². The molecule has 1 aliphatic rings. The van der Waals surface area contributed by atoms with Crippen LogP contribution in [0.2, 0.25) is 0 Å². The van der Waals surface area contributed by atoms with Crippen LogP contribution in [0.1, 0.15) is 41.5 Å². The summed E-state index contributed by atoms with van der Waals surface area (Å²) in [5.74, 6) is 2.01. The Kier molecular flexibility index (Phi) is 6.25. The number of nitrogens with one attached hydrogen (secondary N) is 1. The zero-order valence-electron chi connectivity index (χ0n) is 17.0. The van der Waals surface area contributed by atoms with Crippen LogP contribution in [0, 0.1) is 11.7 Å². The van der Waals surface area contributed by atoms with Crippen molar-refractivity contribution in [3.63, 3.8) is 0 Å². The van der Waals surface area contributed by atoms with Gasteiger partial charge in [0.05, 0.1) is 13.3 Å². The van der Waals surface area contributed by atoms with Crippen LogP contribution in [-0.4, -0.2) is 34.8 Å². The molecule has 0 aliphatic carbocycles. The van der Waals surface area contributed by atoms with Gasteiger partial charge in [-0.25, -0.2) is 0 Å². The lowest BCUT2D eigenvalue weighted by Gasteiger charge is -2.12. The van der Waals surface area contributed by atoms with Crippen LogP contribution in [0.3, 0.4) is 0 Å². The minimum Gasteiger partial charge on any atom is -0.493 e. The van der Waals surface area contributed by atoms with Gasteiger partial charge in [-0.15, -0.1) is 0 Å². The maximum Gasteiger partial charge on any atom is 0.216 e. The van der Waals surface area contributed by atoms with Crippen LogP contribution in [0.15, 0.2) is 47.6 Å². The molecule has 0 radical (unpaired) electrons. The van der Waals surface area contributed by atoms with Crippen molar-refractivity contribution in [2.45, 2.75) is 32.5 Å². The van der Waals surface area contributed by atoms with Gasteiger partial charge in [0, 0.05) is 6.61 Å². The molecule has 1 fully saturated rings. The molecule has 1 N–H and O–H groups in total. The fourth-order valence-electron chi connectivity index (χ4n) is 3.26. The summed E-state index contributed by atoms with van der Waals surface area (Å²) in [6.45, 7) is 3.24. The van der Waals surface area contributed by atoms with Gasteiger partial charge < -0.3 is 14.2 Å². The maximum atomic E-state index is 6.01. The van der Waals surface area contributed by atoms with Gasteiger partial charge in [-0.1, -0.05) is 29.8 Å². The summed E-state index contributed by atoms with van der Waals surface area (Å²) in [6.07, 6.45) is 3.56. The average molecular weight is 425 g/mol. The van der Waals surface area contributed by atoms with E-state index in [1.807, 2.05) is 18.2 Å². The maximum absolute atomic E-state index is 6.01. The lowest BCUT2D eigenvalue weighted by atomic mass is 10.1. The fourth-order valence-corrected chi connectivity index (χ4v) is 3.45. The monoisotopic (exact) mass is 424 g/mol. The van der Waals surface area contributed by atoms with Crippen LogP contribution in [-0.2, 0) is 11.3 Å². The number of rotatable bonds is 7. The number of H-pyrrole nitrogens is 1. The van der Waals surface area contributed by atoms with Crippen molar-refractivity contribution in [2.75, 3.05) is 13.7 Å². The van der Waals surface area contributed by atoms with Crippen molar-refractivity contribution < 1.29 is 14.2 Å². The van der Waals surface area contributed by atoms with Crippen LogP contribution in [0.5, 0.6) is 11.5 Å². The highest BCUT2D eigenvalue weighted by molar-refractivity contribution is 7.71. The topological polar surface area (TPSA) is 73.7 Å². The molecule has 0 amide bonds. The quantitative estimate of drug-likeness (QED) is 0.444. The van der Waals surface area contributed by atoms with Crippen molar-refractivity contribution in [1.82, 2.24) is 14.9 Å². The van der Waals surface area contributed by atoms with Crippen molar-refractivity contribution in [2.24, 2.45) is 5.10 Å². The largest absolute Gasteiger partial charge is 0.493 e. The van der Waals surface area contributed by atoms with Crippen molar-refractivity contribution in [1.29, 1.82) is 0 Å². The summed E-state index contributed by atoms with van der Waals surface area (Å²) in [7, 11) is 1.63. The second kappa shape index (κ2) is 9.23. The van der Waals surface area contributed by atoms with Crippen LogP contribution in [0.25, 0.3) is 0 Å². The number of nitrogens with zero attached hydrogens (tertiary/aromatic N) is 3. The van der Waals surface area contributed by atoms with Gasteiger partial charge in [-0.2, -0.15) is 14.9 Å². The molecule has 0 spiro atoms. The van der Waals surface area contributed by atoms with Crippen LogP contribution in [0.4, 0.5) is 0 Å². The highest BCUT2D eigenvalue weighted by Crippen LogP contribution is 2.29. The number of aromatic nitrogens is 3. The second-order valence-corrected chi connectivity index (χ2v) is 7.52. The summed E-state index contributed by atoms with van der Waals surface area (Å²) in [5.41, 5.74) is 3.17. The summed E-state index contributed by atoms with van der Waals surface area (Å²) >= 11 is 5.32. The molecule has 2 aromatic carbocycles. The lowest BCUT2D eigenvalue weighted by molar-refractivity contribution is 0.102. The van der Waals surface area contributed by atoms with Crippen LogP contribution < -0.4 is 9.47 Å². The zero-order valence-corrected chi connectivity index (χ0v) is 17.8. The summed E-state index contributed by atoms with van der Waals surface area (Å²) in [5, 5.41) is 11.6. The molecule has 1 unspecified atom stereocenters. The van der Waals surface area contributed by atoms with E-state index in [2.05, 4.69) is 46.5 Å². The van der Waals surface area contributed by atoms with Crippen molar-refractivity contribution >= 4 is 18.4 Å². The first-order valence-electron chi connectivity index (χ1n) is 9.83. The average Bonchev–Trinajstić information content (AvgIpc) is 3.41. The Morgan fingerprint density at radius 2 is 2.10 bits per heavy atom. The van der Waals surface area contributed by atoms with Gasteiger partial charge in [0.15, 0.2) is 17.3 Å². The Morgan fingerprint density at radius 3 is 2.83 bits per heavy atom. The Labute approximate surface area is 180 Å². The molecule has 0 saturated carbocycles. The SMILES string of the molecule is COc1ccc(/C=N\n2c(C3CCCO3)n[nH]c2=S)cc1OCc1ccc(C)cc1. The van der Waals surface area contributed by atoms with E-state index in [0.717, 1.165) is 30.6 Å². The molecule has 3 aromatic rings. The molecule has 0 bridgehead atoms. The first kappa shape index (κ1) is 20.3. The molecular formula is C22H24N4O3S. The summed E-state index contributed by atoms with van der Waals surface area (Å²) in [4.78, 5) is 0. The highest BCUT2D eigenvalue weighted by Gasteiger charge is 2.23. The highest BCUT2D eigenvalue weighted by atomic mass is 32.1. The van der Waals surface area contributed by atoms with E-state index < -0.39 is 0 Å². The fraction of sp³-hybridized carbons (Fsp3) is 0.318. The van der Waals surface area contributed by atoms with Crippen molar-refractivity contribution in [3.05, 3.63) is 69.8 Å². The molecular weight excluding hydrogens is 400 g/mol. The predicted molar refractivity (Wildman–Crippen MR) is 117 cm³/mol. The number of aryl methyl sites for hydroxylation is 1. The number of aromatic amines is 1. The third kappa shape index (κ3) is 4.60. The van der Waals surface area contributed by atoms with Gasteiger partial charge in [-0.3, -0.25) is 5.10 Å². The van der Waals surface area contributed by atoms with Gasteiger partial charge in [0.1, 0.15) is 12.7 Å². The number of hydrogen-bond donors (Lipinski definition) is 1. The number of methoxy groups -OCH3 is 1. The Balaban J connectivity index is 1.54. The smallest absolute Gasteiger partial charge is 0.216 e. The molecule has 1 aromatic heterocycles. The van der Waals surface area contributed by atoms with E-state index in [9.17, 15) is 0 Å². The molecule has 2 heterocycles. The zero-order chi connectivity index (χ0) is 20.9. The number of ether oxygens (including phenoxy) is 3. The minimum atomic E-state index is -0.0839. The van der Waals surface area contributed by atoms with Crippen LogP contribution >= 0.6 is 12.2 Å². The van der Waals surface area contributed by atoms with Gasteiger partial charge in [0.25, 0.3) is 0 Å². The summed E-state index contributed by atoms with van der Waals surface area (Å²) < 4.78 is 19.2. The third-order valence-corrected chi connectivity index (χ3v) is 5.18. The number of hydrogen-bond acceptors (Lipinski definition) is 6. The number of benzene rings is 2. The van der Waals surface area contributed by atoms with E-state index >= 15 is 0 Å². The van der Waals surface area contributed by atoms with E-state index in [-0.39, 0.29) is 6.10 Å². The minimum absolute atomic E-state index is 0.0839. The third-order valence-electron chi connectivity index (χ3n) is 4.92. The second-order valence-electron chi connectivity index (χ2n) is 7.13. The predicted octanol–water partition coefficient (Wildman–Crippen LogP) is 4.57. The first-order valence-corrected chi connectivity index (χ1v) is 10.2. The normalized spacial score (nSPS) is 16.3. The van der Waals surface area contributed by atoms with E-state index in [4.69, 9.17) is 26.4 Å². The van der Waals surface area contributed by atoms with Gasteiger partial charge in [-0.05, 0) is 61.3 Å².